The van der Waals surface area contributed by atoms with E-state index in [1.165, 1.54) is 0 Å². The van der Waals surface area contributed by atoms with E-state index in [0.717, 1.165) is 0 Å². The Hall–Kier alpha value is -3.35. The van der Waals surface area contributed by atoms with E-state index in [0.29, 0.717) is 23.7 Å². The Labute approximate surface area is 151 Å². The average molecular weight is 353 g/mol. The molecule has 0 aliphatic heterocycles. The predicted molar refractivity (Wildman–Crippen MR) is 96.1 cm³/mol. The topological polar surface area (TPSA) is 86.5 Å². The summed E-state index contributed by atoms with van der Waals surface area (Å²) in [6.45, 7) is 4.05. The molecule has 7 heteroatoms. The minimum Gasteiger partial charge on any atom is -0.493 e. The molecule has 7 nitrogen and oxygen atoms in total. The number of benzene rings is 2. The van der Waals surface area contributed by atoms with Crippen LogP contribution in [0.2, 0.25) is 0 Å². The fraction of sp³-hybridized carbons (Fsp3) is 0.211. The molecule has 0 aliphatic carbocycles. The zero-order valence-corrected chi connectivity index (χ0v) is 14.5. The number of amides is 1. The minimum absolute atomic E-state index is 0.000173. The first-order valence-corrected chi connectivity index (χ1v) is 8.25. The smallest absolute Gasteiger partial charge is 0.322 e. The van der Waals surface area contributed by atoms with Crippen molar-refractivity contribution in [2.75, 3.05) is 11.9 Å². The highest BCUT2D eigenvalue weighted by Crippen LogP contribution is 2.29. The van der Waals surface area contributed by atoms with Crippen molar-refractivity contribution in [1.29, 1.82) is 0 Å². The number of carbonyl (C=O) groups excluding carboxylic acids is 1. The van der Waals surface area contributed by atoms with Gasteiger partial charge in [0.05, 0.1) is 12.2 Å². The number of nitrogens with zero attached hydrogens (tertiary/aromatic N) is 2. The van der Waals surface area contributed by atoms with Crippen LogP contribution in [0.5, 0.6) is 11.5 Å². The van der Waals surface area contributed by atoms with Gasteiger partial charge in [0.2, 0.25) is 0 Å². The molecule has 1 aromatic heterocycles. The van der Waals surface area contributed by atoms with Crippen molar-refractivity contribution in [2.24, 2.45) is 0 Å². The molecule has 0 spiro atoms. The maximum Gasteiger partial charge on any atom is 0.322 e. The Bertz CT molecular complexity index is 864. The lowest BCUT2D eigenvalue weighted by Crippen LogP contribution is -2.30. The maximum absolute atomic E-state index is 12.2. The second-order valence-corrected chi connectivity index (χ2v) is 5.40. The molecule has 0 radical (unpaired) electrons. The number of aromatic nitrogens is 2. The molecule has 0 fully saturated rings. The number of nitrogens with one attached hydrogen (secondary N) is 1. The van der Waals surface area contributed by atoms with Gasteiger partial charge in [-0.2, -0.15) is 0 Å². The lowest BCUT2D eigenvalue weighted by atomic mass is 10.2. The summed E-state index contributed by atoms with van der Waals surface area (Å²) in [5.74, 6) is 1.12. The molecular formula is C19H19N3O4. The van der Waals surface area contributed by atoms with Crippen LogP contribution in [-0.2, 0) is 4.79 Å². The molecule has 26 heavy (non-hydrogen) atoms. The van der Waals surface area contributed by atoms with Crippen LogP contribution >= 0.6 is 0 Å². The van der Waals surface area contributed by atoms with Crippen LogP contribution in [0.4, 0.5) is 6.01 Å². The zero-order chi connectivity index (χ0) is 18.4. The fourth-order valence-corrected chi connectivity index (χ4v) is 2.27. The Kier molecular flexibility index (Phi) is 5.48. The third kappa shape index (κ3) is 4.18. The van der Waals surface area contributed by atoms with Gasteiger partial charge in [-0.3, -0.25) is 10.1 Å². The number of carbonyl (C=O) groups is 1. The molecule has 0 bridgehead atoms. The summed E-state index contributed by atoms with van der Waals surface area (Å²) in [7, 11) is 0. The van der Waals surface area contributed by atoms with E-state index >= 15 is 0 Å². The van der Waals surface area contributed by atoms with E-state index in [2.05, 4.69) is 15.5 Å². The minimum atomic E-state index is -0.719. The summed E-state index contributed by atoms with van der Waals surface area (Å²) < 4.78 is 16.7. The average Bonchev–Trinajstić information content (AvgIpc) is 3.11. The van der Waals surface area contributed by atoms with Crippen LogP contribution in [-0.4, -0.2) is 28.8 Å². The van der Waals surface area contributed by atoms with Crippen LogP contribution in [0.25, 0.3) is 11.5 Å². The molecule has 3 rings (SSSR count). The van der Waals surface area contributed by atoms with Crippen molar-refractivity contribution in [1.82, 2.24) is 10.2 Å². The normalized spacial score (nSPS) is 11.6. The van der Waals surface area contributed by atoms with Gasteiger partial charge < -0.3 is 13.9 Å². The van der Waals surface area contributed by atoms with E-state index < -0.39 is 6.10 Å². The third-order valence-corrected chi connectivity index (χ3v) is 3.50. The summed E-state index contributed by atoms with van der Waals surface area (Å²) in [6, 6.07) is 16.4. The molecule has 3 aromatic rings. The van der Waals surface area contributed by atoms with Gasteiger partial charge in [-0.1, -0.05) is 35.4 Å². The van der Waals surface area contributed by atoms with Gasteiger partial charge in [-0.05, 0) is 38.1 Å². The van der Waals surface area contributed by atoms with Crippen LogP contribution in [0.3, 0.4) is 0 Å². The number of para-hydroxylation sites is 2. The third-order valence-electron chi connectivity index (χ3n) is 3.50. The van der Waals surface area contributed by atoms with Crippen LogP contribution in [0.15, 0.2) is 59.0 Å². The van der Waals surface area contributed by atoms with Crippen molar-refractivity contribution in [3.05, 3.63) is 54.6 Å². The molecule has 1 heterocycles. The SMILES string of the molecule is CCOc1ccccc1-c1nnc(NC(=O)C(C)Oc2ccccc2)o1. The van der Waals surface area contributed by atoms with E-state index in [1.54, 1.807) is 19.1 Å². The van der Waals surface area contributed by atoms with Gasteiger partial charge >= 0.3 is 6.01 Å². The highest BCUT2D eigenvalue weighted by atomic mass is 16.5. The van der Waals surface area contributed by atoms with E-state index in [1.807, 2.05) is 49.4 Å². The molecule has 1 unspecified atom stereocenters. The fourth-order valence-electron chi connectivity index (χ4n) is 2.27. The second-order valence-electron chi connectivity index (χ2n) is 5.40. The highest BCUT2D eigenvalue weighted by molar-refractivity contribution is 5.92. The molecule has 0 saturated carbocycles. The van der Waals surface area contributed by atoms with Crippen molar-refractivity contribution in [3.63, 3.8) is 0 Å². The summed E-state index contributed by atoms with van der Waals surface area (Å²) in [6.07, 6.45) is -0.719. The largest absolute Gasteiger partial charge is 0.493 e. The van der Waals surface area contributed by atoms with Crippen molar-refractivity contribution in [3.8, 4) is 23.0 Å². The second kappa shape index (κ2) is 8.15. The Morgan fingerprint density at radius 2 is 1.85 bits per heavy atom. The van der Waals surface area contributed by atoms with Gasteiger partial charge in [0.15, 0.2) is 6.10 Å². The first-order chi connectivity index (χ1) is 12.7. The number of hydrogen-bond acceptors (Lipinski definition) is 6. The quantitative estimate of drug-likeness (QED) is 0.699. The Balaban J connectivity index is 1.67. The van der Waals surface area contributed by atoms with Crippen LogP contribution in [0, 0.1) is 0 Å². The Morgan fingerprint density at radius 1 is 1.12 bits per heavy atom. The number of ether oxygens (including phenoxy) is 2. The molecule has 1 atom stereocenters. The number of anilines is 1. The lowest BCUT2D eigenvalue weighted by Gasteiger charge is -2.12. The summed E-state index contributed by atoms with van der Waals surface area (Å²) in [5, 5.41) is 10.4. The van der Waals surface area contributed by atoms with Gasteiger partial charge in [0.25, 0.3) is 11.8 Å². The van der Waals surface area contributed by atoms with Crippen molar-refractivity contribution in [2.45, 2.75) is 20.0 Å². The molecule has 0 saturated heterocycles. The molecule has 1 amide bonds. The zero-order valence-electron chi connectivity index (χ0n) is 14.5. The van der Waals surface area contributed by atoms with Gasteiger partial charge in [0, 0.05) is 0 Å². The first kappa shape index (κ1) is 17.5. The van der Waals surface area contributed by atoms with Crippen LogP contribution in [0.1, 0.15) is 13.8 Å². The summed E-state index contributed by atoms with van der Waals surface area (Å²) >= 11 is 0. The van der Waals surface area contributed by atoms with E-state index in [9.17, 15) is 4.79 Å². The molecule has 0 aliphatic rings. The molecule has 2 aromatic carbocycles. The standard InChI is InChI=1S/C19H19N3O4/c1-3-24-16-12-8-7-11-15(16)18-21-22-19(26-18)20-17(23)13(2)25-14-9-5-4-6-10-14/h4-13H,3H2,1-2H3,(H,20,22,23). The first-order valence-electron chi connectivity index (χ1n) is 8.25. The Morgan fingerprint density at radius 3 is 2.62 bits per heavy atom. The summed E-state index contributed by atoms with van der Waals surface area (Å²) in [4.78, 5) is 12.2. The van der Waals surface area contributed by atoms with Gasteiger partial charge in [0.1, 0.15) is 11.5 Å². The monoisotopic (exact) mass is 353 g/mol. The number of hydrogen-bond donors (Lipinski definition) is 1. The van der Waals surface area contributed by atoms with Gasteiger partial charge in [-0.15, -0.1) is 5.10 Å². The molecule has 134 valence electrons. The van der Waals surface area contributed by atoms with Gasteiger partial charge in [-0.25, -0.2) is 0 Å². The van der Waals surface area contributed by atoms with E-state index in [-0.39, 0.29) is 17.8 Å². The predicted octanol–water partition coefficient (Wildman–Crippen LogP) is 3.54. The van der Waals surface area contributed by atoms with Crippen LogP contribution < -0.4 is 14.8 Å². The lowest BCUT2D eigenvalue weighted by molar-refractivity contribution is -0.122. The number of rotatable bonds is 7. The maximum atomic E-state index is 12.2. The molecular weight excluding hydrogens is 334 g/mol. The van der Waals surface area contributed by atoms with E-state index in [4.69, 9.17) is 13.9 Å². The van der Waals surface area contributed by atoms with Crippen molar-refractivity contribution < 1.29 is 18.7 Å². The van der Waals surface area contributed by atoms with Crippen molar-refractivity contribution >= 4 is 11.9 Å². The molecule has 1 N–H and O–H groups in total. The summed E-state index contributed by atoms with van der Waals surface area (Å²) in [5.41, 5.74) is 0.663. The highest BCUT2D eigenvalue weighted by Gasteiger charge is 2.19.